The van der Waals surface area contributed by atoms with Crippen LogP contribution >= 0.6 is 0 Å². The van der Waals surface area contributed by atoms with Crippen LogP contribution < -0.4 is 0 Å². The molecular formula is C5H12O4. The smallest absolute Gasteiger partial charge is 0.113 e. The zero-order valence-electron chi connectivity index (χ0n) is 5.66. The number of ether oxygens (including phenoxy) is 1. The van der Waals surface area contributed by atoms with Gasteiger partial charge in [-0.05, 0) is 6.92 Å². The highest BCUT2D eigenvalue weighted by Crippen LogP contribution is 1.84. The van der Waals surface area contributed by atoms with Crippen molar-refractivity contribution in [3.05, 3.63) is 0 Å². The van der Waals surface area contributed by atoms with Crippen molar-refractivity contribution in [2.45, 2.75) is 13.0 Å². The van der Waals surface area contributed by atoms with Gasteiger partial charge < -0.3 is 9.53 Å². The average molecular weight is 136 g/mol. The second-order valence-electron chi connectivity index (χ2n) is 1.37. The maximum Gasteiger partial charge on any atom is 0.113 e. The largest absolute Gasteiger partial charge is 0.382 e. The normalized spacial score (nSPS) is 11.4. The van der Waals surface area contributed by atoms with Gasteiger partial charge in [0.1, 0.15) is 12.9 Å². The highest BCUT2D eigenvalue weighted by Gasteiger charge is 1.95. The molecule has 1 unspecified atom stereocenters. The minimum absolute atomic E-state index is 0.218. The van der Waals surface area contributed by atoms with Crippen molar-refractivity contribution < 1.29 is 19.7 Å². The fourth-order valence-corrected chi connectivity index (χ4v) is 0.265. The van der Waals surface area contributed by atoms with E-state index >= 15 is 0 Å². The molecule has 0 aliphatic rings. The van der Waals surface area contributed by atoms with Crippen LogP contribution in [0.25, 0.3) is 0 Å². The van der Waals surface area contributed by atoms with Gasteiger partial charge in [-0.25, -0.2) is 4.89 Å². The molecule has 0 aromatic carbocycles. The summed E-state index contributed by atoms with van der Waals surface area (Å²) in [4.78, 5) is 11.9. The van der Waals surface area contributed by atoms with Crippen LogP contribution in [-0.2, 0) is 14.4 Å². The molecule has 0 amide bonds. The van der Waals surface area contributed by atoms with Crippen molar-refractivity contribution in [1.82, 2.24) is 0 Å². The molecule has 0 spiro atoms. The third kappa shape index (κ3) is 11.2. The molecule has 0 saturated heterocycles. The molecule has 4 heteroatoms. The predicted molar refractivity (Wildman–Crippen MR) is 32.2 cm³/mol. The Morgan fingerprint density at radius 2 is 2.11 bits per heavy atom. The molecule has 4 nitrogen and oxygen atoms in total. The van der Waals surface area contributed by atoms with Gasteiger partial charge in [-0.3, -0.25) is 5.26 Å². The Labute approximate surface area is 54.3 Å². The van der Waals surface area contributed by atoms with E-state index in [1.807, 2.05) is 6.79 Å². The van der Waals surface area contributed by atoms with Crippen molar-refractivity contribution >= 4 is 6.79 Å². The Balaban J connectivity index is 0. The summed E-state index contributed by atoms with van der Waals surface area (Å²) in [5.74, 6) is 0. The van der Waals surface area contributed by atoms with Crippen LogP contribution in [0.5, 0.6) is 0 Å². The van der Waals surface area contributed by atoms with E-state index < -0.39 is 0 Å². The van der Waals surface area contributed by atoms with Gasteiger partial charge in [0.15, 0.2) is 0 Å². The van der Waals surface area contributed by atoms with Gasteiger partial charge in [0.2, 0.25) is 0 Å². The van der Waals surface area contributed by atoms with E-state index in [-0.39, 0.29) is 6.10 Å². The summed E-state index contributed by atoms with van der Waals surface area (Å²) in [6, 6.07) is 0. The lowest BCUT2D eigenvalue weighted by Crippen LogP contribution is -2.11. The molecule has 1 atom stereocenters. The molecule has 0 aromatic heterocycles. The number of rotatable bonds is 3. The molecule has 1 N–H and O–H groups in total. The molecule has 0 saturated carbocycles. The Morgan fingerprint density at radius 3 is 2.22 bits per heavy atom. The first-order valence-corrected chi connectivity index (χ1v) is 2.39. The molecule has 0 bridgehead atoms. The Hall–Kier alpha value is -0.450. The topological polar surface area (TPSA) is 55.8 Å². The van der Waals surface area contributed by atoms with E-state index in [4.69, 9.17) is 10.1 Å². The lowest BCUT2D eigenvalue weighted by molar-refractivity contribution is -0.281. The van der Waals surface area contributed by atoms with Gasteiger partial charge in [-0.2, -0.15) is 0 Å². The van der Waals surface area contributed by atoms with Crippen LogP contribution in [0.1, 0.15) is 6.92 Å². The highest BCUT2D eigenvalue weighted by molar-refractivity contribution is 5.10. The monoisotopic (exact) mass is 136 g/mol. The van der Waals surface area contributed by atoms with E-state index in [0.717, 1.165) is 0 Å². The highest BCUT2D eigenvalue weighted by atomic mass is 17.1. The maximum atomic E-state index is 8.00. The first kappa shape index (κ1) is 11.4. The van der Waals surface area contributed by atoms with Crippen molar-refractivity contribution in [3.63, 3.8) is 0 Å². The van der Waals surface area contributed by atoms with E-state index in [9.17, 15) is 0 Å². The molecular weight excluding hydrogens is 124 g/mol. The van der Waals surface area contributed by atoms with Crippen LogP contribution in [-0.4, -0.2) is 31.9 Å². The van der Waals surface area contributed by atoms with E-state index in [0.29, 0.717) is 6.61 Å². The summed E-state index contributed by atoms with van der Waals surface area (Å²) in [5, 5.41) is 7.89. The quantitative estimate of drug-likeness (QED) is 0.448. The number of carbonyl (C=O) groups excluding carboxylic acids is 1. The Morgan fingerprint density at radius 1 is 1.67 bits per heavy atom. The summed E-state index contributed by atoms with van der Waals surface area (Å²) < 4.78 is 4.61. The zero-order valence-corrected chi connectivity index (χ0v) is 5.66. The SMILES string of the molecule is C=O.COCC(C)OO. The third-order valence-corrected chi connectivity index (χ3v) is 0.581. The molecule has 0 radical (unpaired) electrons. The number of hydrogen-bond acceptors (Lipinski definition) is 4. The van der Waals surface area contributed by atoms with Crippen LogP contribution in [0.3, 0.4) is 0 Å². The van der Waals surface area contributed by atoms with Gasteiger partial charge >= 0.3 is 0 Å². The Kier molecular flexibility index (Phi) is 13.3. The van der Waals surface area contributed by atoms with E-state index in [1.165, 1.54) is 0 Å². The summed E-state index contributed by atoms with van der Waals surface area (Å²) in [5.41, 5.74) is 0. The van der Waals surface area contributed by atoms with Crippen molar-refractivity contribution in [1.29, 1.82) is 0 Å². The molecule has 0 fully saturated rings. The minimum atomic E-state index is -0.218. The zero-order chi connectivity index (χ0) is 7.70. The lowest BCUT2D eigenvalue weighted by Gasteiger charge is -2.02. The maximum absolute atomic E-state index is 8.00. The second kappa shape index (κ2) is 10.5. The average Bonchev–Trinajstić information content (AvgIpc) is 1.93. The molecule has 0 aliphatic carbocycles. The summed E-state index contributed by atoms with van der Waals surface area (Å²) >= 11 is 0. The molecule has 0 rings (SSSR count). The number of hydrogen-bond donors (Lipinski definition) is 1. The molecule has 9 heavy (non-hydrogen) atoms. The fraction of sp³-hybridized carbons (Fsp3) is 0.800. The first-order chi connectivity index (χ1) is 4.31. The molecule has 0 aliphatic heterocycles. The fourth-order valence-electron chi connectivity index (χ4n) is 0.265. The Bertz CT molecular complexity index is 48.2. The lowest BCUT2D eigenvalue weighted by atomic mass is 10.4. The van der Waals surface area contributed by atoms with Crippen LogP contribution in [0.2, 0.25) is 0 Å². The van der Waals surface area contributed by atoms with E-state index in [1.54, 1.807) is 14.0 Å². The third-order valence-electron chi connectivity index (χ3n) is 0.581. The van der Waals surface area contributed by atoms with E-state index in [2.05, 4.69) is 9.62 Å². The standard InChI is InChI=1S/C4H10O3.CH2O/c1-4(7-5)3-6-2;1-2/h4-5H,3H2,1-2H3;1H2. The van der Waals surface area contributed by atoms with Gasteiger partial charge in [0.05, 0.1) is 6.61 Å². The summed E-state index contributed by atoms with van der Waals surface area (Å²) in [6.07, 6.45) is -0.218. The number of methoxy groups -OCH3 is 1. The van der Waals surface area contributed by atoms with Crippen molar-refractivity contribution in [3.8, 4) is 0 Å². The number of carbonyl (C=O) groups is 1. The molecule has 0 aromatic rings. The minimum Gasteiger partial charge on any atom is -0.382 e. The van der Waals surface area contributed by atoms with Gasteiger partial charge in [-0.15, -0.1) is 0 Å². The van der Waals surface area contributed by atoms with Gasteiger partial charge in [0, 0.05) is 7.11 Å². The van der Waals surface area contributed by atoms with Crippen LogP contribution in [0.15, 0.2) is 0 Å². The first-order valence-electron chi connectivity index (χ1n) is 2.39. The molecule has 0 heterocycles. The second-order valence-corrected chi connectivity index (χ2v) is 1.37. The summed E-state index contributed by atoms with van der Waals surface area (Å²) in [7, 11) is 1.55. The van der Waals surface area contributed by atoms with Crippen LogP contribution in [0.4, 0.5) is 0 Å². The molecule has 56 valence electrons. The van der Waals surface area contributed by atoms with Gasteiger partial charge in [0.25, 0.3) is 0 Å². The van der Waals surface area contributed by atoms with Crippen molar-refractivity contribution in [2.24, 2.45) is 0 Å². The van der Waals surface area contributed by atoms with Gasteiger partial charge in [-0.1, -0.05) is 0 Å². The predicted octanol–water partition coefficient (Wildman–Crippen LogP) is 0.326. The van der Waals surface area contributed by atoms with Crippen molar-refractivity contribution in [2.75, 3.05) is 13.7 Å². The summed E-state index contributed by atoms with van der Waals surface area (Å²) in [6.45, 7) is 4.14. The van der Waals surface area contributed by atoms with Crippen LogP contribution in [0, 0.1) is 0 Å².